The van der Waals surface area contributed by atoms with Crippen molar-refractivity contribution in [2.24, 2.45) is 7.05 Å². The molecule has 4 aromatic rings. The maximum absolute atomic E-state index is 13.2. The highest BCUT2D eigenvalue weighted by atomic mass is 32.2. The topological polar surface area (TPSA) is 87.9 Å². The van der Waals surface area contributed by atoms with Crippen LogP contribution in [-0.2, 0) is 18.2 Å². The summed E-state index contributed by atoms with van der Waals surface area (Å²) in [5, 5.41) is 8.98. The highest BCUT2D eigenvalue weighted by Gasteiger charge is 2.34. The number of hydrogen-bond donors (Lipinski definition) is 1. The van der Waals surface area contributed by atoms with Gasteiger partial charge in [-0.1, -0.05) is 11.3 Å². The van der Waals surface area contributed by atoms with E-state index >= 15 is 0 Å². The van der Waals surface area contributed by atoms with Crippen LogP contribution in [0.1, 0.15) is 24.8 Å². The second-order valence-electron chi connectivity index (χ2n) is 8.29. The molecule has 7 nitrogen and oxygen atoms in total. The minimum Gasteiger partial charge on any atom is -0.611 e. The van der Waals surface area contributed by atoms with Crippen molar-refractivity contribution in [1.82, 2.24) is 19.7 Å². The molecule has 1 atom stereocenters. The van der Waals surface area contributed by atoms with Gasteiger partial charge in [0.05, 0.1) is 17.9 Å². The highest BCUT2D eigenvalue weighted by Crippen LogP contribution is 2.44. The molecule has 32 heavy (non-hydrogen) atoms. The molecule has 1 unspecified atom stereocenters. The van der Waals surface area contributed by atoms with E-state index in [1.54, 1.807) is 17.5 Å². The molecule has 0 amide bonds. The lowest BCUT2D eigenvalue weighted by atomic mass is 10.00. The molecule has 5 heterocycles. The Morgan fingerprint density at radius 2 is 2.19 bits per heavy atom. The highest BCUT2D eigenvalue weighted by molar-refractivity contribution is 7.94. The molecule has 164 valence electrons. The number of aromatic nitrogens is 4. The molecule has 4 aromatic heterocycles. The van der Waals surface area contributed by atoms with Crippen LogP contribution in [0.15, 0.2) is 34.8 Å². The van der Waals surface area contributed by atoms with Crippen LogP contribution in [0, 0.1) is 6.92 Å². The lowest BCUT2D eigenvalue weighted by molar-refractivity contribution is 0.321. The molecule has 0 radical (unpaired) electrons. The lowest BCUT2D eigenvalue weighted by Crippen LogP contribution is -2.28. The van der Waals surface area contributed by atoms with Crippen molar-refractivity contribution in [3.63, 3.8) is 0 Å². The fourth-order valence-electron chi connectivity index (χ4n) is 4.30. The van der Waals surface area contributed by atoms with Crippen LogP contribution >= 0.6 is 11.3 Å². The Morgan fingerprint density at radius 3 is 2.94 bits per heavy atom. The predicted octanol–water partition coefficient (Wildman–Crippen LogP) is 4.53. The van der Waals surface area contributed by atoms with Gasteiger partial charge in [-0.2, -0.15) is 5.10 Å². The molecule has 6 rings (SSSR count). The lowest BCUT2D eigenvalue weighted by Gasteiger charge is -2.27. The van der Waals surface area contributed by atoms with Gasteiger partial charge in [0.15, 0.2) is 11.6 Å². The second-order valence-corrected chi connectivity index (χ2v) is 11.2. The van der Waals surface area contributed by atoms with Crippen LogP contribution in [0.5, 0.6) is 5.75 Å². The van der Waals surface area contributed by atoms with Gasteiger partial charge < -0.3 is 14.6 Å². The summed E-state index contributed by atoms with van der Waals surface area (Å²) < 4.78 is 21.9. The third-order valence-electron chi connectivity index (χ3n) is 6.29. The summed E-state index contributed by atoms with van der Waals surface area (Å²) in [5.41, 5.74) is 4.84. The Hall–Kier alpha value is -2.62. The maximum atomic E-state index is 13.2. The van der Waals surface area contributed by atoms with Crippen LogP contribution in [-0.4, -0.2) is 42.7 Å². The number of pyridine rings is 2. The van der Waals surface area contributed by atoms with E-state index in [4.69, 9.17) is 9.72 Å². The molecular weight excluding hydrogens is 442 g/mol. The van der Waals surface area contributed by atoms with Crippen molar-refractivity contribution in [3.05, 3.63) is 36.2 Å². The number of nitrogens with one attached hydrogen (secondary N) is 1. The summed E-state index contributed by atoms with van der Waals surface area (Å²) in [7, 11) is 1.94. The third-order valence-corrected chi connectivity index (χ3v) is 9.76. The van der Waals surface area contributed by atoms with Crippen molar-refractivity contribution in [3.8, 4) is 28.3 Å². The standard InChI is InChI=1S/C23H23N5O2S2/c1-13-20-16(18-6-7-26-28(18)2)11-17(14-10-19-21(25-12-14)24-8-9-30-19)27-22(20)31-23(13)32(29)15-4-3-5-15/h6-7,10-12,15H,3-5,8-9H2,1-2H3,(H,24,25). The molecule has 0 spiro atoms. The Kier molecular flexibility index (Phi) is 4.85. The number of thiophene rings is 1. The summed E-state index contributed by atoms with van der Waals surface area (Å²) in [6, 6.07) is 6.09. The molecule has 0 saturated heterocycles. The Labute approximate surface area is 193 Å². The van der Waals surface area contributed by atoms with Crippen molar-refractivity contribution in [2.45, 2.75) is 35.6 Å². The quantitative estimate of drug-likeness (QED) is 0.446. The minimum atomic E-state index is -0.983. The zero-order valence-electron chi connectivity index (χ0n) is 17.9. The van der Waals surface area contributed by atoms with Crippen molar-refractivity contribution >= 4 is 38.5 Å². The minimum absolute atomic E-state index is 0.274. The van der Waals surface area contributed by atoms with Gasteiger partial charge in [-0.15, -0.1) is 0 Å². The van der Waals surface area contributed by atoms with Gasteiger partial charge in [-0.25, -0.2) is 9.97 Å². The molecule has 1 aliphatic heterocycles. The molecule has 1 saturated carbocycles. The number of hydrogen-bond acceptors (Lipinski definition) is 7. The number of rotatable bonds is 4. The summed E-state index contributed by atoms with van der Waals surface area (Å²) in [6.45, 7) is 3.45. The van der Waals surface area contributed by atoms with Crippen molar-refractivity contribution < 1.29 is 9.29 Å². The zero-order valence-corrected chi connectivity index (χ0v) is 19.6. The number of anilines is 1. The van der Waals surface area contributed by atoms with Crippen LogP contribution in [0.2, 0.25) is 0 Å². The van der Waals surface area contributed by atoms with E-state index in [1.807, 2.05) is 30.1 Å². The van der Waals surface area contributed by atoms with E-state index in [0.29, 0.717) is 6.61 Å². The van der Waals surface area contributed by atoms with E-state index in [-0.39, 0.29) is 5.25 Å². The second kappa shape index (κ2) is 7.75. The first-order valence-corrected chi connectivity index (χ1v) is 12.8. The monoisotopic (exact) mass is 465 g/mol. The zero-order chi connectivity index (χ0) is 21.8. The molecule has 0 aromatic carbocycles. The van der Waals surface area contributed by atoms with Gasteiger partial charge in [0.2, 0.25) is 4.21 Å². The van der Waals surface area contributed by atoms with Gasteiger partial charge in [0, 0.05) is 41.5 Å². The average Bonchev–Trinajstić information content (AvgIpc) is 3.34. The number of aryl methyl sites for hydroxylation is 2. The largest absolute Gasteiger partial charge is 0.611 e. The first kappa shape index (κ1) is 20.0. The molecular formula is C23H23N5O2S2. The fourth-order valence-corrected chi connectivity index (χ4v) is 7.68. The van der Waals surface area contributed by atoms with Gasteiger partial charge >= 0.3 is 0 Å². The summed E-state index contributed by atoms with van der Waals surface area (Å²) in [5.74, 6) is 1.50. The molecule has 2 aliphatic rings. The van der Waals surface area contributed by atoms with Crippen molar-refractivity contribution in [1.29, 1.82) is 0 Å². The normalized spacial score (nSPS) is 16.8. The number of ether oxygens (including phenoxy) is 1. The van der Waals surface area contributed by atoms with Gasteiger partial charge in [0.25, 0.3) is 0 Å². The van der Waals surface area contributed by atoms with Crippen LogP contribution in [0.4, 0.5) is 5.82 Å². The Morgan fingerprint density at radius 1 is 1.31 bits per heavy atom. The van der Waals surface area contributed by atoms with E-state index in [9.17, 15) is 4.55 Å². The van der Waals surface area contributed by atoms with Crippen LogP contribution < -0.4 is 10.1 Å². The summed E-state index contributed by atoms with van der Waals surface area (Å²) in [4.78, 5) is 10.4. The SMILES string of the molecule is Cc1c([S+]([O-])C2CCC2)sc2nc(-c3cnc4c(c3)OCCN4)cc(-c3ccnn3C)c12. The van der Waals surface area contributed by atoms with E-state index in [0.717, 1.165) is 73.5 Å². The maximum Gasteiger partial charge on any atom is 0.212 e. The first-order chi connectivity index (χ1) is 15.6. The van der Waals surface area contributed by atoms with Gasteiger partial charge in [-0.05, 0) is 55.6 Å². The Bertz CT molecular complexity index is 1330. The van der Waals surface area contributed by atoms with Crippen LogP contribution in [0.25, 0.3) is 32.7 Å². The van der Waals surface area contributed by atoms with Crippen molar-refractivity contribution in [2.75, 3.05) is 18.5 Å². The van der Waals surface area contributed by atoms with Gasteiger partial charge in [0.1, 0.15) is 16.7 Å². The molecule has 1 fully saturated rings. The smallest absolute Gasteiger partial charge is 0.212 e. The van der Waals surface area contributed by atoms with Crippen LogP contribution in [0.3, 0.4) is 0 Å². The molecule has 9 heteroatoms. The molecule has 1 aliphatic carbocycles. The third kappa shape index (κ3) is 3.18. The average molecular weight is 466 g/mol. The van der Waals surface area contributed by atoms with E-state index in [1.165, 1.54) is 6.42 Å². The first-order valence-electron chi connectivity index (χ1n) is 10.8. The van der Waals surface area contributed by atoms with E-state index < -0.39 is 11.2 Å². The van der Waals surface area contributed by atoms with E-state index in [2.05, 4.69) is 28.4 Å². The predicted molar refractivity (Wildman–Crippen MR) is 128 cm³/mol. The molecule has 0 bridgehead atoms. The molecule has 1 N–H and O–H groups in total. The van der Waals surface area contributed by atoms with Gasteiger partial charge in [-0.3, -0.25) is 4.68 Å². The summed E-state index contributed by atoms with van der Waals surface area (Å²) in [6.07, 6.45) is 6.89. The fraction of sp³-hybridized carbons (Fsp3) is 0.348. The number of fused-ring (bicyclic) bond motifs is 2. The Balaban J connectivity index is 1.55. The number of nitrogens with zero attached hydrogens (tertiary/aromatic N) is 4. The summed E-state index contributed by atoms with van der Waals surface area (Å²) >= 11 is 0.576.